The Kier molecular flexibility index (Phi) is 5.98. The van der Waals surface area contributed by atoms with E-state index < -0.39 is 0 Å². The highest BCUT2D eigenvalue weighted by molar-refractivity contribution is 5.96. The first kappa shape index (κ1) is 17.4. The highest BCUT2D eigenvalue weighted by atomic mass is 16.5. The second-order valence-corrected chi connectivity index (χ2v) is 5.91. The summed E-state index contributed by atoms with van der Waals surface area (Å²) in [5.41, 5.74) is 1.51. The molecule has 25 heavy (non-hydrogen) atoms. The maximum Gasteiger partial charge on any atom is 0.257 e. The van der Waals surface area contributed by atoms with Crippen molar-refractivity contribution in [3.05, 3.63) is 59.8 Å². The van der Waals surface area contributed by atoms with Crippen molar-refractivity contribution in [3.63, 3.8) is 0 Å². The first-order valence-corrected chi connectivity index (χ1v) is 8.43. The standard InChI is InChI=1S/C19H23N3O3/c1-24-19-16(8-5-9-20-19)18(23)21-17(15-6-3-2-4-7-15)14-22-10-12-25-13-11-22/h2-9,17H,10-14H2,1H3,(H,21,23). The quantitative estimate of drug-likeness (QED) is 0.869. The van der Waals surface area contributed by atoms with Gasteiger partial charge in [0, 0.05) is 25.8 Å². The number of aromatic nitrogens is 1. The molecule has 6 heteroatoms. The van der Waals surface area contributed by atoms with Gasteiger partial charge in [0.2, 0.25) is 5.88 Å². The second-order valence-electron chi connectivity index (χ2n) is 5.91. The molecule has 1 N–H and O–H groups in total. The third-order valence-electron chi connectivity index (χ3n) is 4.26. The van der Waals surface area contributed by atoms with E-state index in [9.17, 15) is 4.79 Å². The van der Waals surface area contributed by atoms with Gasteiger partial charge in [-0.2, -0.15) is 0 Å². The molecular formula is C19H23N3O3. The average molecular weight is 341 g/mol. The number of benzene rings is 1. The van der Waals surface area contributed by atoms with Gasteiger partial charge < -0.3 is 14.8 Å². The van der Waals surface area contributed by atoms with Crippen LogP contribution in [0.1, 0.15) is 22.0 Å². The van der Waals surface area contributed by atoms with Crippen LogP contribution in [0, 0.1) is 0 Å². The van der Waals surface area contributed by atoms with Crippen molar-refractivity contribution >= 4 is 5.91 Å². The van der Waals surface area contributed by atoms with Gasteiger partial charge in [0.1, 0.15) is 5.56 Å². The van der Waals surface area contributed by atoms with Crippen molar-refractivity contribution in [1.82, 2.24) is 15.2 Å². The predicted molar refractivity (Wildman–Crippen MR) is 94.7 cm³/mol. The molecule has 1 aliphatic rings. The fourth-order valence-corrected chi connectivity index (χ4v) is 2.92. The van der Waals surface area contributed by atoms with Gasteiger partial charge in [-0.25, -0.2) is 4.98 Å². The van der Waals surface area contributed by atoms with Crippen molar-refractivity contribution in [2.24, 2.45) is 0 Å². The number of amides is 1. The van der Waals surface area contributed by atoms with Crippen molar-refractivity contribution in [2.75, 3.05) is 40.0 Å². The number of pyridine rings is 1. The fourth-order valence-electron chi connectivity index (χ4n) is 2.92. The summed E-state index contributed by atoms with van der Waals surface area (Å²) >= 11 is 0. The van der Waals surface area contributed by atoms with Crippen LogP contribution in [0.3, 0.4) is 0 Å². The molecule has 6 nitrogen and oxygen atoms in total. The third-order valence-corrected chi connectivity index (χ3v) is 4.26. The zero-order valence-corrected chi connectivity index (χ0v) is 14.4. The summed E-state index contributed by atoms with van der Waals surface area (Å²) in [6.07, 6.45) is 1.61. The predicted octanol–water partition coefficient (Wildman–Crippen LogP) is 1.89. The first-order chi connectivity index (χ1) is 12.3. The Morgan fingerprint density at radius 1 is 1.24 bits per heavy atom. The smallest absolute Gasteiger partial charge is 0.257 e. The third kappa shape index (κ3) is 4.55. The molecule has 2 heterocycles. The molecule has 0 radical (unpaired) electrons. The molecule has 2 aromatic rings. The molecule has 132 valence electrons. The molecule has 1 aliphatic heterocycles. The Morgan fingerprint density at radius 2 is 2.00 bits per heavy atom. The van der Waals surface area contributed by atoms with E-state index in [0.717, 1.165) is 38.4 Å². The number of carbonyl (C=O) groups excluding carboxylic acids is 1. The Labute approximate surface area is 147 Å². The molecule has 0 saturated carbocycles. The van der Waals surface area contributed by atoms with Crippen LogP contribution in [0.2, 0.25) is 0 Å². The largest absolute Gasteiger partial charge is 0.480 e. The lowest BCUT2D eigenvalue weighted by Crippen LogP contribution is -2.43. The molecule has 1 saturated heterocycles. The minimum absolute atomic E-state index is 0.114. The number of carbonyl (C=O) groups is 1. The average Bonchev–Trinajstić information content (AvgIpc) is 2.69. The lowest BCUT2D eigenvalue weighted by atomic mass is 10.1. The van der Waals surface area contributed by atoms with Crippen LogP contribution in [-0.2, 0) is 4.74 Å². The highest BCUT2D eigenvalue weighted by Gasteiger charge is 2.22. The Bertz CT molecular complexity index is 687. The zero-order chi connectivity index (χ0) is 17.5. The maximum absolute atomic E-state index is 12.8. The van der Waals surface area contributed by atoms with Gasteiger partial charge in [-0.1, -0.05) is 30.3 Å². The summed E-state index contributed by atoms with van der Waals surface area (Å²) in [4.78, 5) is 19.2. The summed E-state index contributed by atoms with van der Waals surface area (Å²) in [5, 5.41) is 3.13. The van der Waals surface area contributed by atoms with Crippen LogP contribution >= 0.6 is 0 Å². The molecular weight excluding hydrogens is 318 g/mol. The van der Waals surface area contributed by atoms with E-state index in [1.54, 1.807) is 18.3 Å². The molecule has 0 aliphatic carbocycles. The van der Waals surface area contributed by atoms with Gasteiger partial charge in [-0.3, -0.25) is 9.69 Å². The van der Waals surface area contributed by atoms with Crippen LogP contribution in [0.5, 0.6) is 5.88 Å². The van der Waals surface area contributed by atoms with E-state index >= 15 is 0 Å². The molecule has 1 aromatic carbocycles. The SMILES string of the molecule is COc1ncccc1C(=O)NC(CN1CCOCC1)c1ccccc1. The Hall–Kier alpha value is -2.44. The van der Waals surface area contributed by atoms with Gasteiger partial charge in [-0.15, -0.1) is 0 Å². The molecule has 0 bridgehead atoms. The van der Waals surface area contributed by atoms with Gasteiger partial charge in [0.15, 0.2) is 0 Å². The fraction of sp³-hybridized carbons (Fsp3) is 0.368. The Morgan fingerprint density at radius 3 is 2.72 bits per heavy atom. The monoisotopic (exact) mass is 341 g/mol. The summed E-state index contributed by atoms with van der Waals surface area (Å²) in [5.74, 6) is 0.144. The van der Waals surface area contributed by atoms with Crippen LogP contribution < -0.4 is 10.1 Å². The van der Waals surface area contributed by atoms with Crippen molar-refractivity contribution in [1.29, 1.82) is 0 Å². The number of hydrogen-bond acceptors (Lipinski definition) is 5. The van der Waals surface area contributed by atoms with Crippen molar-refractivity contribution in [2.45, 2.75) is 6.04 Å². The van der Waals surface area contributed by atoms with E-state index in [4.69, 9.17) is 9.47 Å². The minimum atomic E-state index is -0.188. The number of nitrogens with one attached hydrogen (secondary N) is 1. The lowest BCUT2D eigenvalue weighted by Gasteiger charge is -2.31. The number of rotatable bonds is 6. The number of nitrogens with zero attached hydrogens (tertiary/aromatic N) is 2. The topological polar surface area (TPSA) is 63.7 Å². The summed E-state index contributed by atoms with van der Waals surface area (Å²) in [6, 6.07) is 13.3. The van der Waals surface area contributed by atoms with Crippen LogP contribution in [0.25, 0.3) is 0 Å². The zero-order valence-electron chi connectivity index (χ0n) is 14.4. The second kappa shape index (κ2) is 8.60. The van der Waals surface area contributed by atoms with E-state index in [-0.39, 0.29) is 11.9 Å². The number of hydrogen-bond donors (Lipinski definition) is 1. The van der Waals surface area contributed by atoms with E-state index in [1.165, 1.54) is 7.11 Å². The van der Waals surface area contributed by atoms with Crippen LogP contribution in [-0.4, -0.2) is 55.7 Å². The first-order valence-electron chi connectivity index (χ1n) is 8.43. The molecule has 1 aromatic heterocycles. The van der Waals surface area contributed by atoms with E-state index in [2.05, 4.69) is 15.2 Å². The van der Waals surface area contributed by atoms with Crippen LogP contribution in [0.4, 0.5) is 0 Å². The molecule has 1 unspecified atom stereocenters. The van der Waals surface area contributed by atoms with E-state index in [1.807, 2.05) is 30.3 Å². The normalized spacial score (nSPS) is 16.2. The van der Waals surface area contributed by atoms with E-state index in [0.29, 0.717) is 11.4 Å². The van der Waals surface area contributed by atoms with Gasteiger partial charge in [0.05, 0.1) is 26.4 Å². The minimum Gasteiger partial charge on any atom is -0.480 e. The molecule has 1 fully saturated rings. The molecule has 0 spiro atoms. The van der Waals surface area contributed by atoms with Crippen molar-refractivity contribution in [3.8, 4) is 5.88 Å². The molecule has 1 amide bonds. The van der Waals surface area contributed by atoms with Gasteiger partial charge in [0.25, 0.3) is 5.91 Å². The number of morpholine rings is 1. The number of ether oxygens (including phenoxy) is 2. The number of methoxy groups -OCH3 is 1. The van der Waals surface area contributed by atoms with Gasteiger partial charge in [-0.05, 0) is 17.7 Å². The summed E-state index contributed by atoms with van der Waals surface area (Å²) in [7, 11) is 1.52. The lowest BCUT2D eigenvalue weighted by molar-refractivity contribution is 0.0332. The van der Waals surface area contributed by atoms with Gasteiger partial charge >= 0.3 is 0 Å². The molecule has 1 atom stereocenters. The van der Waals surface area contributed by atoms with Crippen molar-refractivity contribution < 1.29 is 14.3 Å². The Balaban J connectivity index is 1.78. The highest BCUT2D eigenvalue weighted by Crippen LogP contribution is 2.19. The molecule has 3 rings (SSSR count). The summed E-state index contributed by atoms with van der Waals surface area (Å²) in [6.45, 7) is 3.93. The van der Waals surface area contributed by atoms with Crippen LogP contribution in [0.15, 0.2) is 48.7 Å². The maximum atomic E-state index is 12.8. The summed E-state index contributed by atoms with van der Waals surface area (Å²) < 4.78 is 10.6.